The molecular formula is C18H20BrNO4. The number of benzene rings is 1. The lowest BCUT2D eigenvalue weighted by Crippen LogP contribution is -2.53. The Hall–Kier alpha value is -1.43. The number of carbonyl (C=O) groups excluding carboxylic acids is 1. The van der Waals surface area contributed by atoms with E-state index in [0.717, 1.165) is 31.1 Å². The summed E-state index contributed by atoms with van der Waals surface area (Å²) in [5.41, 5.74) is 0.0722. The number of nitro benzene ring substituents is 1. The third-order valence-electron chi connectivity index (χ3n) is 5.91. The van der Waals surface area contributed by atoms with E-state index in [2.05, 4.69) is 15.9 Å². The maximum atomic E-state index is 12.4. The minimum Gasteiger partial charge on any atom is -0.427 e. The molecule has 5 rings (SSSR count). The molecule has 5 nitrogen and oxygen atoms in total. The molecule has 2 unspecified atom stereocenters. The number of esters is 1. The summed E-state index contributed by atoms with van der Waals surface area (Å²) in [6, 6.07) is 5.70. The van der Waals surface area contributed by atoms with E-state index in [1.54, 1.807) is 0 Å². The number of carbonyl (C=O) groups is 1. The van der Waals surface area contributed by atoms with Gasteiger partial charge in [-0.25, -0.2) is 0 Å². The van der Waals surface area contributed by atoms with Gasteiger partial charge < -0.3 is 4.74 Å². The third kappa shape index (κ3) is 2.96. The summed E-state index contributed by atoms with van der Waals surface area (Å²) in [5, 5.41) is 10.7. The van der Waals surface area contributed by atoms with Crippen molar-refractivity contribution in [2.24, 2.45) is 17.3 Å². The Bertz CT molecular complexity index is 673. The van der Waals surface area contributed by atoms with Gasteiger partial charge in [0.2, 0.25) is 0 Å². The Morgan fingerprint density at radius 2 is 1.83 bits per heavy atom. The van der Waals surface area contributed by atoms with Crippen molar-refractivity contribution in [3.63, 3.8) is 0 Å². The van der Waals surface area contributed by atoms with Gasteiger partial charge in [-0.1, -0.05) is 15.9 Å². The number of rotatable bonds is 4. The molecule has 1 aromatic carbocycles. The number of alkyl halides is 1. The number of nitrogens with zero attached hydrogens (tertiary/aromatic N) is 1. The van der Waals surface area contributed by atoms with Gasteiger partial charge >= 0.3 is 5.97 Å². The fraction of sp³-hybridized carbons (Fsp3) is 0.611. The molecule has 128 valence electrons. The Balaban J connectivity index is 1.43. The molecule has 4 aliphatic rings. The lowest BCUT2D eigenvalue weighted by atomic mass is 9.49. The van der Waals surface area contributed by atoms with E-state index in [1.807, 2.05) is 0 Å². The number of halogens is 1. The summed E-state index contributed by atoms with van der Waals surface area (Å²) in [6.07, 6.45) is 7.56. The first-order valence-electron chi connectivity index (χ1n) is 8.49. The zero-order valence-electron chi connectivity index (χ0n) is 13.4. The highest BCUT2D eigenvalue weighted by molar-refractivity contribution is 9.10. The van der Waals surface area contributed by atoms with Gasteiger partial charge in [0.1, 0.15) is 5.75 Å². The van der Waals surface area contributed by atoms with Crippen LogP contribution in [0.1, 0.15) is 44.9 Å². The number of ether oxygens (including phenoxy) is 1. The predicted octanol–water partition coefficient (Wildman–Crippen LogP) is 4.62. The zero-order chi connectivity index (χ0) is 16.9. The van der Waals surface area contributed by atoms with E-state index < -0.39 is 4.92 Å². The lowest BCUT2D eigenvalue weighted by Gasteiger charge is -2.60. The summed E-state index contributed by atoms with van der Waals surface area (Å²) in [4.78, 5) is 22.7. The van der Waals surface area contributed by atoms with Crippen LogP contribution in [0.2, 0.25) is 0 Å². The second-order valence-electron chi connectivity index (χ2n) is 8.01. The summed E-state index contributed by atoms with van der Waals surface area (Å²) < 4.78 is 5.67. The van der Waals surface area contributed by atoms with Gasteiger partial charge in [-0.3, -0.25) is 14.9 Å². The van der Waals surface area contributed by atoms with Crippen molar-refractivity contribution < 1.29 is 14.5 Å². The van der Waals surface area contributed by atoms with Crippen LogP contribution in [0.5, 0.6) is 5.75 Å². The van der Waals surface area contributed by atoms with Gasteiger partial charge in [0.15, 0.2) is 0 Å². The van der Waals surface area contributed by atoms with Crippen LogP contribution in [0.4, 0.5) is 5.69 Å². The van der Waals surface area contributed by atoms with E-state index in [-0.39, 0.29) is 21.4 Å². The first-order valence-corrected chi connectivity index (χ1v) is 9.28. The predicted molar refractivity (Wildman–Crippen MR) is 92.1 cm³/mol. The van der Waals surface area contributed by atoms with Crippen molar-refractivity contribution in [2.75, 3.05) is 0 Å². The fourth-order valence-corrected chi connectivity index (χ4v) is 7.16. The number of nitro groups is 1. The maximum absolute atomic E-state index is 12.4. The Morgan fingerprint density at radius 1 is 1.21 bits per heavy atom. The van der Waals surface area contributed by atoms with Gasteiger partial charge in [-0.15, -0.1) is 0 Å². The molecule has 0 heterocycles. The summed E-state index contributed by atoms with van der Waals surface area (Å²) in [5.74, 6) is 1.63. The Morgan fingerprint density at radius 3 is 2.38 bits per heavy atom. The van der Waals surface area contributed by atoms with Crippen LogP contribution in [0, 0.1) is 27.4 Å². The van der Waals surface area contributed by atoms with Crippen molar-refractivity contribution in [3.05, 3.63) is 34.4 Å². The van der Waals surface area contributed by atoms with Crippen LogP contribution in [0.3, 0.4) is 0 Å². The highest BCUT2D eigenvalue weighted by atomic mass is 79.9. The van der Waals surface area contributed by atoms with Gasteiger partial charge in [0, 0.05) is 16.5 Å². The summed E-state index contributed by atoms with van der Waals surface area (Å²) in [6.45, 7) is 0. The summed E-state index contributed by atoms with van der Waals surface area (Å²) >= 11 is 3.95. The molecule has 6 heteroatoms. The van der Waals surface area contributed by atoms with Gasteiger partial charge in [-0.05, 0) is 67.9 Å². The van der Waals surface area contributed by atoms with E-state index in [9.17, 15) is 14.9 Å². The van der Waals surface area contributed by atoms with Crippen LogP contribution < -0.4 is 4.74 Å². The van der Waals surface area contributed by atoms with Crippen molar-refractivity contribution in [2.45, 2.75) is 49.3 Å². The molecule has 24 heavy (non-hydrogen) atoms. The molecule has 4 aliphatic carbocycles. The highest BCUT2D eigenvalue weighted by Crippen LogP contribution is 2.65. The average molecular weight is 394 g/mol. The zero-order valence-corrected chi connectivity index (χ0v) is 15.0. The summed E-state index contributed by atoms with van der Waals surface area (Å²) in [7, 11) is 0. The van der Waals surface area contributed by atoms with Crippen molar-refractivity contribution in [1.82, 2.24) is 0 Å². The molecule has 0 saturated heterocycles. The molecule has 4 fully saturated rings. The fourth-order valence-electron chi connectivity index (χ4n) is 5.65. The Kier molecular flexibility index (Phi) is 3.71. The first kappa shape index (κ1) is 16.1. The minimum absolute atomic E-state index is 0.00267. The van der Waals surface area contributed by atoms with E-state index in [4.69, 9.17) is 4.74 Å². The number of hydrogen-bond donors (Lipinski definition) is 0. The van der Waals surface area contributed by atoms with E-state index >= 15 is 0 Å². The number of hydrogen-bond acceptors (Lipinski definition) is 4. The second kappa shape index (κ2) is 5.55. The molecule has 4 bridgehead atoms. The van der Waals surface area contributed by atoms with Crippen LogP contribution >= 0.6 is 15.9 Å². The molecule has 0 aromatic heterocycles. The van der Waals surface area contributed by atoms with Crippen molar-refractivity contribution in [3.8, 4) is 5.75 Å². The molecule has 2 atom stereocenters. The van der Waals surface area contributed by atoms with E-state index in [0.29, 0.717) is 12.2 Å². The largest absolute Gasteiger partial charge is 0.427 e. The standard InChI is InChI=1S/C18H20BrNO4/c19-18-8-12-5-13(9-18)7-17(6-12,11-18)10-16(21)24-15-3-1-14(2-4-15)20(22)23/h1-4,12-13H,5-11H2. The molecule has 0 N–H and O–H groups in total. The molecule has 0 radical (unpaired) electrons. The molecule has 4 saturated carbocycles. The van der Waals surface area contributed by atoms with Crippen LogP contribution in [-0.2, 0) is 4.79 Å². The SMILES string of the molecule is O=C(CC12CC3CC(CC(Br)(C3)C1)C2)Oc1ccc([N+](=O)[O-])cc1. The first-order chi connectivity index (χ1) is 11.3. The van der Waals surface area contributed by atoms with Gasteiger partial charge in [0.25, 0.3) is 5.69 Å². The molecule has 0 aliphatic heterocycles. The smallest absolute Gasteiger partial charge is 0.311 e. The van der Waals surface area contributed by atoms with Crippen molar-refractivity contribution in [1.29, 1.82) is 0 Å². The minimum atomic E-state index is -0.462. The van der Waals surface area contributed by atoms with Crippen molar-refractivity contribution >= 4 is 27.6 Å². The van der Waals surface area contributed by atoms with Crippen LogP contribution in [0.25, 0.3) is 0 Å². The molecule has 0 amide bonds. The van der Waals surface area contributed by atoms with Gasteiger partial charge in [-0.2, -0.15) is 0 Å². The number of non-ortho nitro benzene ring substituents is 1. The Labute approximate surface area is 149 Å². The van der Waals surface area contributed by atoms with Gasteiger partial charge in [0.05, 0.1) is 11.3 Å². The normalized spacial score (nSPS) is 36.5. The average Bonchev–Trinajstić information content (AvgIpc) is 2.44. The maximum Gasteiger partial charge on any atom is 0.311 e. The van der Waals surface area contributed by atoms with E-state index in [1.165, 1.54) is 43.5 Å². The third-order valence-corrected chi connectivity index (χ3v) is 6.84. The monoisotopic (exact) mass is 393 g/mol. The quantitative estimate of drug-likeness (QED) is 0.246. The second-order valence-corrected chi connectivity index (χ2v) is 9.70. The molecular weight excluding hydrogens is 374 g/mol. The topological polar surface area (TPSA) is 69.4 Å². The highest BCUT2D eigenvalue weighted by Gasteiger charge is 2.57. The van der Waals surface area contributed by atoms with Crippen LogP contribution in [0.15, 0.2) is 24.3 Å². The molecule has 1 aromatic rings. The molecule has 0 spiro atoms. The van der Waals surface area contributed by atoms with Crippen LogP contribution in [-0.4, -0.2) is 15.2 Å². The lowest BCUT2D eigenvalue weighted by molar-refractivity contribution is -0.384.